The summed E-state index contributed by atoms with van der Waals surface area (Å²) in [6, 6.07) is 12.8. The van der Waals surface area contributed by atoms with Crippen LogP contribution >= 0.6 is 0 Å². The third-order valence-corrected chi connectivity index (χ3v) is 6.95. The standard InChI is InChI=1S/C23H30N2O3S/c1-4-23(26)24-15-19-7-5-6-18-14-20(10-13-22(18)19)25-29(27,28)21-11-8-17(9-12-21)16(2)3/h8-14,16,19,25H,4-7,15H2,1-3H3,(H,24,26). The van der Waals surface area contributed by atoms with Crippen LogP contribution in [0.2, 0.25) is 0 Å². The van der Waals surface area contributed by atoms with Gasteiger partial charge in [0, 0.05) is 24.6 Å². The summed E-state index contributed by atoms with van der Waals surface area (Å²) in [5.41, 5.74) is 4.05. The molecular weight excluding hydrogens is 384 g/mol. The van der Waals surface area contributed by atoms with Gasteiger partial charge in [0.15, 0.2) is 0 Å². The van der Waals surface area contributed by atoms with Crippen LogP contribution in [0.1, 0.15) is 68.6 Å². The van der Waals surface area contributed by atoms with Crippen LogP contribution in [-0.2, 0) is 21.2 Å². The van der Waals surface area contributed by atoms with Gasteiger partial charge >= 0.3 is 0 Å². The lowest BCUT2D eigenvalue weighted by atomic mass is 9.82. The molecule has 0 saturated carbocycles. The van der Waals surface area contributed by atoms with Gasteiger partial charge in [0.05, 0.1) is 4.90 Å². The van der Waals surface area contributed by atoms with Gasteiger partial charge < -0.3 is 5.32 Å². The van der Waals surface area contributed by atoms with Gasteiger partial charge in [0.25, 0.3) is 10.0 Å². The first-order valence-electron chi connectivity index (χ1n) is 10.3. The van der Waals surface area contributed by atoms with Gasteiger partial charge in [-0.1, -0.05) is 39.0 Å². The molecule has 156 valence electrons. The highest BCUT2D eigenvalue weighted by atomic mass is 32.2. The molecular formula is C23H30N2O3S. The maximum atomic E-state index is 12.8. The van der Waals surface area contributed by atoms with Crippen LogP contribution in [0.25, 0.3) is 0 Å². The number of hydrogen-bond donors (Lipinski definition) is 2. The maximum Gasteiger partial charge on any atom is 0.261 e. The number of nitrogens with one attached hydrogen (secondary N) is 2. The van der Waals surface area contributed by atoms with Crippen molar-refractivity contribution in [1.82, 2.24) is 5.32 Å². The number of anilines is 1. The highest BCUT2D eigenvalue weighted by Gasteiger charge is 2.22. The Kier molecular flexibility index (Phi) is 6.63. The van der Waals surface area contributed by atoms with Crippen LogP contribution in [0.5, 0.6) is 0 Å². The van der Waals surface area contributed by atoms with E-state index in [-0.39, 0.29) is 16.7 Å². The third kappa shape index (κ3) is 5.18. The normalized spacial score (nSPS) is 16.3. The summed E-state index contributed by atoms with van der Waals surface area (Å²) in [5, 5.41) is 2.98. The lowest BCUT2D eigenvalue weighted by Crippen LogP contribution is -2.29. The molecule has 0 radical (unpaired) electrons. The summed E-state index contributed by atoms with van der Waals surface area (Å²) < 4.78 is 28.2. The zero-order valence-electron chi connectivity index (χ0n) is 17.4. The zero-order chi connectivity index (χ0) is 21.0. The molecule has 1 amide bonds. The van der Waals surface area contributed by atoms with E-state index in [1.54, 1.807) is 12.1 Å². The molecule has 1 aliphatic rings. The number of carbonyl (C=O) groups is 1. The van der Waals surface area contributed by atoms with E-state index in [0.29, 0.717) is 24.6 Å². The minimum Gasteiger partial charge on any atom is -0.356 e. The molecule has 6 heteroatoms. The number of rotatable bonds is 7. The fraction of sp³-hybridized carbons (Fsp3) is 0.435. The highest BCUT2D eigenvalue weighted by molar-refractivity contribution is 7.92. The van der Waals surface area contributed by atoms with Crippen molar-refractivity contribution in [2.75, 3.05) is 11.3 Å². The third-order valence-electron chi connectivity index (χ3n) is 5.56. The van der Waals surface area contributed by atoms with Crippen molar-refractivity contribution >= 4 is 21.6 Å². The second-order valence-electron chi connectivity index (χ2n) is 7.99. The van der Waals surface area contributed by atoms with E-state index in [2.05, 4.69) is 23.9 Å². The summed E-state index contributed by atoms with van der Waals surface area (Å²) in [4.78, 5) is 11.8. The summed E-state index contributed by atoms with van der Waals surface area (Å²) in [5.74, 6) is 0.698. The van der Waals surface area contributed by atoms with Gasteiger partial charge in [0.1, 0.15) is 0 Å². The van der Waals surface area contributed by atoms with E-state index in [0.717, 1.165) is 30.4 Å². The van der Waals surface area contributed by atoms with Gasteiger partial charge in [-0.2, -0.15) is 0 Å². The summed E-state index contributed by atoms with van der Waals surface area (Å²) in [7, 11) is -3.63. The minimum atomic E-state index is -3.63. The van der Waals surface area contributed by atoms with Gasteiger partial charge in [-0.25, -0.2) is 8.42 Å². The van der Waals surface area contributed by atoms with E-state index in [4.69, 9.17) is 0 Å². The van der Waals surface area contributed by atoms with Crippen LogP contribution in [0.4, 0.5) is 5.69 Å². The van der Waals surface area contributed by atoms with Crippen molar-refractivity contribution in [3.05, 3.63) is 59.2 Å². The molecule has 29 heavy (non-hydrogen) atoms. The Bertz CT molecular complexity index is 966. The smallest absolute Gasteiger partial charge is 0.261 e. The molecule has 2 aromatic carbocycles. The second-order valence-corrected chi connectivity index (χ2v) is 9.67. The van der Waals surface area contributed by atoms with Crippen molar-refractivity contribution in [1.29, 1.82) is 0 Å². The molecule has 0 saturated heterocycles. The number of amides is 1. The van der Waals surface area contributed by atoms with E-state index < -0.39 is 10.0 Å². The number of carbonyl (C=O) groups excluding carboxylic acids is 1. The molecule has 2 aromatic rings. The fourth-order valence-corrected chi connectivity index (χ4v) is 4.85. The summed E-state index contributed by atoms with van der Waals surface area (Å²) in [6.45, 7) is 6.64. The maximum absolute atomic E-state index is 12.8. The van der Waals surface area contributed by atoms with Crippen molar-refractivity contribution < 1.29 is 13.2 Å². The van der Waals surface area contributed by atoms with Crippen LogP contribution in [-0.4, -0.2) is 20.9 Å². The Balaban J connectivity index is 1.76. The number of hydrogen-bond acceptors (Lipinski definition) is 3. The predicted octanol–water partition coefficient (Wildman–Crippen LogP) is 4.56. The molecule has 0 heterocycles. The van der Waals surface area contributed by atoms with Gasteiger partial charge in [0.2, 0.25) is 5.91 Å². The van der Waals surface area contributed by atoms with Gasteiger partial charge in [-0.05, 0) is 66.1 Å². The zero-order valence-corrected chi connectivity index (χ0v) is 18.2. The lowest BCUT2D eigenvalue weighted by molar-refractivity contribution is -0.120. The number of benzene rings is 2. The SMILES string of the molecule is CCC(=O)NCC1CCCc2cc(NS(=O)(=O)c3ccc(C(C)C)cc3)ccc21. The van der Waals surface area contributed by atoms with Crippen molar-refractivity contribution in [3.63, 3.8) is 0 Å². The fourth-order valence-electron chi connectivity index (χ4n) is 3.80. The van der Waals surface area contributed by atoms with Crippen LogP contribution < -0.4 is 10.0 Å². The van der Waals surface area contributed by atoms with Crippen LogP contribution in [0.3, 0.4) is 0 Å². The molecule has 0 aromatic heterocycles. The molecule has 1 aliphatic carbocycles. The van der Waals surface area contributed by atoms with Gasteiger partial charge in [-0.3, -0.25) is 9.52 Å². The minimum absolute atomic E-state index is 0.0602. The largest absolute Gasteiger partial charge is 0.356 e. The van der Waals surface area contributed by atoms with Gasteiger partial charge in [-0.15, -0.1) is 0 Å². The van der Waals surface area contributed by atoms with Crippen LogP contribution in [0.15, 0.2) is 47.4 Å². The second kappa shape index (κ2) is 8.99. The predicted molar refractivity (Wildman–Crippen MR) is 117 cm³/mol. The molecule has 2 N–H and O–H groups in total. The molecule has 0 aliphatic heterocycles. The summed E-state index contributed by atoms with van der Waals surface area (Å²) in [6.07, 6.45) is 3.47. The average molecular weight is 415 g/mol. The Labute approximate surface area is 174 Å². The quantitative estimate of drug-likeness (QED) is 0.697. The highest BCUT2D eigenvalue weighted by Crippen LogP contribution is 2.33. The Morgan fingerprint density at radius 3 is 2.52 bits per heavy atom. The molecule has 1 unspecified atom stereocenters. The molecule has 3 rings (SSSR count). The van der Waals surface area contributed by atoms with Crippen molar-refractivity contribution in [2.45, 2.75) is 63.2 Å². The first-order valence-corrected chi connectivity index (χ1v) is 11.8. The number of fused-ring (bicyclic) bond motifs is 1. The number of aryl methyl sites for hydroxylation is 1. The first kappa shape index (κ1) is 21.4. The Morgan fingerprint density at radius 1 is 1.14 bits per heavy atom. The molecule has 5 nitrogen and oxygen atoms in total. The van der Waals surface area contributed by atoms with E-state index >= 15 is 0 Å². The Morgan fingerprint density at radius 2 is 1.86 bits per heavy atom. The van der Waals surface area contributed by atoms with E-state index in [1.165, 1.54) is 5.56 Å². The summed E-state index contributed by atoms with van der Waals surface area (Å²) >= 11 is 0. The van der Waals surface area contributed by atoms with E-state index in [1.807, 2.05) is 37.3 Å². The number of sulfonamides is 1. The molecule has 1 atom stereocenters. The van der Waals surface area contributed by atoms with E-state index in [9.17, 15) is 13.2 Å². The average Bonchev–Trinajstić information content (AvgIpc) is 2.71. The molecule has 0 fully saturated rings. The van der Waals surface area contributed by atoms with Crippen molar-refractivity contribution in [3.8, 4) is 0 Å². The molecule has 0 bridgehead atoms. The lowest BCUT2D eigenvalue weighted by Gasteiger charge is -2.26. The Hall–Kier alpha value is -2.34. The first-order chi connectivity index (χ1) is 13.8. The van der Waals surface area contributed by atoms with Crippen LogP contribution in [0, 0.1) is 0 Å². The molecule has 0 spiro atoms. The van der Waals surface area contributed by atoms with Crippen molar-refractivity contribution in [2.24, 2.45) is 0 Å². The topological polar surface area (TPSA) is 75.3 Å². The monoisotopic (exact) mass is 414 g/mol.